The Kier molecular flexibility index (Phi) is 3.84. The van der Waals surface area contributed by atoms with Crippen LogP contribution in [0.5, 0.6) is 0 Å². The summed E-state index contributed by atoms with van der Waals surface area (Å²) in [6.45, 7) is 8.61. The summed E-state index contributed by atoms with van der Waals surface area (Å²) in [5, 5.41) is 9.18. The minimum absolute atomic E-state index is 0.0635. The van der Waals surface area contributed by atoms with Crippen molar-refractivity contribution in [1.29, 1.82) is 0 Å². The fraction of sp³-hybridized carbons (Fsp3) is 0.500. The molecule has 0 aliphatic heterocycles. The summed E-state index contributed by atoms with van der Waals surface area (Å²) in [6, 6.07) is 5.16. The highest BCUT2D eigenvalue weighted by molar-refractivity contribution is 5.92. The van der Waals surface area contributed by atoms with Gasteiger partial charge in [-0.3, -0.25) is 0 Å². The highest BCUT2D eigenvalue weighted by Crippen LogP contribution is 2.30. The first kappa shape index (κ1) is 14.6. The van der Waals surface area contributed by atoms with Crippen molar-refractivity contribution in [3.05, 3.63) is 29.6 Å². The molecule has 20 heavy (non-hydrogen) atoms. The zero-order valence-corrected chi connectivity index (χ0v) is 12.6. The van der Waals surface area contributed by atoms with Crippen molar-refractivity contribution in [2.24, 2.45) is 0 Å². The first-order valence-corrected chi connectivity index (χ1v) is 7.16. The van der Waals surface area contributed by atoms with Crippen molar-refractivity contribution < 1.29 is 9.90 Å². The van der Waals surface area contributed by atoms with Crippen LogP contribution in [-0.4, -0.2) is 20.6 Å². The second kappa shape index (κ2) is 5.27. The number of hydrogen-bond donors (Lipinski definition) is 1. The third-order valence-corrected chi connectivity index (χ3v) is 3.75. The summed E-state index contributed by atoms with van der Waals surface area (Å²) in [4.78, 5) is 15.8. The highest BCUT2D eigenvalue weighted by Gasteiger charge is 2.25. The van der Waals surface area contributed by atoms with Gasteiger partial charge in [-0.1, -0.05) is 20.3 Å². The van der Waals surface area contributed by atoms with E-state index in [4.69, 9.17) is 0 Å². The van der Waals surface area contributed by atoms with E-state index in [0.29, 0.717) is 5.56 Å². The Bertz CT molecular complexity index is 641. The Morgan fingerprint density at radius 2 is 2.05 bits per heavy atom. The van der Waals surface area contributed by atoms with E-state index in [2.05, 4.69) is 37.2 Å². The van der Waals surface area contributed by atoms with Crippen LogP contribution in [0, 0.1) is 0 Å². The molecule has 4 heteroatoms. The number of imidazole rings is 1. The predicted molar refractivity (Wildman–Crippen MR) is 80.3 cm³/mol. The Balaban J connectivity index is 2.71. The third kappa shape index (κ3) is 2.42. The third-order valence-electron chi connectivity index (χ3n) is 3.75. The lowest BCUT2D eigenvalue weighted by Gasteiger charge is -2.29. The molecule has 0 saturated heterocycles. The largest absolute Gasteiger partial charge is 0.478 e. The van der Waals surface area contributed by atoms with Crippen LogP contribution in [-0.2, 0) is 12.0 Å². The average molecular weight is 274 g/mol. The number of benzene rings is 1. The standard InChI is InChI=1S/C16H22N2O2/c1-5-9-16(3,4)18-13-10-11(15(19)20)7-8-12(13)17-14(18)6-2/h7-8,10H,5-6,9H2,1-4H3,(H,19,20). The van der Waals surface area contributed by atoms with Gasteiger partial charge in [0.25, 0.3) is 0 Å². The zero-order valence-electron chi connectivity index (χ0n) is 12.6. The second-order valence-corrected chi connectivity index (χ2v) is 5.79. The van der Waals surface area contributed by atoms with Crippen LogP contribution in [0.4, 0.5) is 0 Å². The van der Waals surface area contributed by atoms with Crippen molar-refractivity contribution in [1.82, 2.24) is 9.55 Å². The Morgan fingerprint density at radius 3 is 2.60 bits per heavy atom. The molecule has 108 valence electrons. The van der Waals surface area contributed by atoms with Gasteiger partial charge in [-0.25, -0.2) is 9.78 Å². The molecule has 1 N–H and O–H groups in total. The SMILES string of the molecule is CCCC(C)(C)n1c(CC)nc2ccc(C(=O)O)cc21. The van der Waals surface area contributed by atoms with Gasteiger partial charge in [0.2, 0.25) is 0 Å². The molecule has 2 aromatic rings. The lowest BCUT2D eigenvalue weighted by atomic mass is 9.97. The fourth-order valence-electron chi connectivity index (χ4n) is 2.89. The minimum Gasteiger partial charge on any atom is -0.478 e. The maximum absolute atomic E-state index is 11.2. The molecule has 1 aromatic heterocycles. The van der Waals surface area contributed by atoms with Crippen LogP contribution in [0.1, 0.15) is 56.7 Å². The molecule has 0 radical (unpaired) electrons. The predicted octanol–water partition coefficient (Wildman–Crippen LogP) is 3.83. The van der Waals surface area contributed by atoms with Crippen molar-refractivity contribution >= 4 is 17.0 Å². The number of nitrogens with zero attached hydrogens (tertiary/aromatic N) is 2. The van der Waals surface area contributed by atoms with E-state index in [1.165, 1.54) is 0 Å². The van der Waals surface area contributed by atoms with Gasteiger partial charge < -0.3 is 9.67 Å². The van der Waals surface area contributed by atoms with Crippen molar-refractivity contribution in [2.75, 3.05) is 0 Å². The molecule has 0 bridgehead atoms. The second-order valence-electron chi connectivity index (χ2n) is 5.79. The number of aromatic carboxylic acids is 1. The van der Waals surface area contributed by atoms with Gasteiger partial charge in [0.1, 0.15) is 5.82 Å². The summed E-state index contributed by atoms with van der Waals surface area (Å²) in [5.41, 5.74) is 2.04. The van der Waals surface area contributed by atoms with Gasteiger partial charge in [-0.2, -0.15) is 0 Å². The van der Waals surface area contributed by atoms with E-state index in [-0.39, 0.29) is 5.54 Å². The number of aryl methyl sites for hydroxylation is 1. The van der Waals surface area contributed by atoms with E-state index in [0.717, 1.165) is 36.1 Å². The Hall–Kier alpha value is -1.84. The molecule has 0 saturated carbocycles. The van der Waals surface area contributed by atoms with E-state index in [1.807, 2.05) is 0 Å². The number of aromatic nitrogens is 2. The Morgan fingerprint density at radius 1 is 1.35 bits per heavy atom. The molecule has 0 atom stereocenters. The van der Waals surface area contributed by atoms with Gasteiger partial charge in [-0.15, -0.1) is 0 Å². The highest BCUT2D eigenvalue weighted by atomic mass is 16.4. The quantitative estimate of drug-likeness (QED) is 0.901. The minimum atomic E-state index is -0.897. The normalized spacial score (nSPS) is 12.0. The molecule has 0 spiro atoms. The molecular weight excluding hydrogens is 252 g/mol. The molecule has 2 rings (SSSR count). The summed E-state index contributed by atoms with van der Waals surface area (Å²) in [7, 11) is 0. The van der Waals surface area contributed by atoms with Crippen molar-refractivity contribution in [3.63, 3.8) is 0 Å². The molecule has 0 amide bonds. The van der Waals surface area contributed by atoms with Crippen molar-refractivity contribution in [2.45, 2.75) is 52.5 Å². The average Bonchev–Trinajstić information content (AvgIpc) is 2.76. The molecule has 0 unspecified atom stereocenters. The lowest BCUT2D eigenvalue weighted by Crippen LogP contribution is -2.27. The van der Waals surface area contributed by atoms with Gasteiger partial charge in [0.05, 0.1) is 16.6 Å². The van der Waals surface area contributed by atoms with Crippen LogP contribution in [0.15, 0.2) is 18.2 Å². The van der Waals surface area contributed by atoms with Gasteiger partial charge in [0, 0.05) is 12.0 Å². The Labute approximate surface area is 119 Å². The topological polar surface area (TPSA) is 55.1 Å². The molecular formula is C16H22N2O2. The molecule has 0 aliphatic rings. The van der Waals surface area contributed by atoms with Crippen LogP contribution in [0.25, 0.3) is 11.0 Å². The van der Waals surface area contributed by atoms with Crippen molar-refractivity contribution in [3.8, 4) is 0 Å². The van der Waals surface area contributed by atoms with E-state index in [9.17, 15) is 9.90 Å². The zero-order chi connectivity index (χ0) is 14.9. The first-order chi connectivity index (χ1) is 9.40. The lowest BCUT2D eigenvalue weighted by molar-refractivity contribution is 0.0697. The summed E-state index contributed by atoms with van der Waals surface area (Å²) in [6.07, 6.45) is 2.95. The molecule has 4 nitrogen and oxygen atoms in total. The molecule has 0 aliphatic carbocycles. The van der Waals surface area contributed by atoms with Gasteiger partial charge >= 0.3 is 5.97 Å². The smallest absolute Gasteiger partial charge is 0.335 e. The van der Waals surface area contributed by atoms with Crippen LogP contribution < -0.4 is 0 Å². The van der Waals surface area contributed by atoms with Gasteiger partial charge in [0.15, 0.2) is 0 Å². The number of carboxylic acid groups (broad SMARTS) is 1. The van der Waals surface area contributed by atoms with Crippen LogP contribution >= 0.6 is 0 Å². The summed E-state index contributed by atoms with van der Waals surface area (Å²) in [5.74, 6) is 0.118. The number of fused-ring (bicyclic) bond motifs is 1. The number of rotatable bonds is 5. The fourth-order valence-corrected chi connectivity index (χ4v) is 2.89. The summed E-state index contributed by atoms with van der Waals surface area (Å²) >= 11 is 0. The van der Waals surface area contributed by atoms with Gasteiger partial charge in [-0.05, 0) is 38.5 Å². The summed E-state index contributed by atoms with van der Waals surface area (Å²) < 4.78 is 2.21. The number of hydrogen-bond acceptors (Lipinski definition) is 2. The molecule has 1 heterocycles. The number of carboxylic acids is 1. The van der Waals surface area contributed by atoms with E-state index < -0.39 is 5.97 Å². The number of carbonyl (C=O) groups is 1. The maximum atomic E-state index is 11.2. The van der Waals surface area contributed by atoms with Crippen LogP contribution in [0.3, 0.4) is 0 Å². The van der Waals surface area contributed by atoms with Crippen LogP contribution in [0.2, 0.25) is 0 Å². The molecule has 0 fully saturated rings. The maximum Gasteiger partial charge on any atom is 0.335 e. The van der Waals surface area contributed by atoms with E-state index in [1.54, 1.807) is 18.2 Å². The monoisotopic (exact) mass is 274 g/mol. The van der Waals surface area contributed by atoms with E-state index >= 15 is 0 Å². The first-order valence-electron chi connectivity index (χ1n) is 7.16. The molecule has 1 aromatic carbocycles.